The van der Waals surface area contributed by atoms with Crippen LogP contribution in [0.2, 0.25) is 0 Å². The van der Waals surface area contributed by atoms with Crippen LogP contribution in [0, 0.1) is 5.82 Å². The first kappa shape index (κ1) is 13.9. The van der Waals surface area contributed by atoms with Crippen molar-refractivity contribution >= 4 is 16.9 Å². The minimum absolute atomic E-state index is 0.0235. The van der Waals surface area contributed by atoms with Crippen molar-refractivity contribution in [3.05, 3.63) is 42.5 Å². The highest BCUT2D eigenvalue weighted by Crippen LogP contribution is 2.31. The third-order valence-corrected chi connectivity index (χ3v) is 4.11. The number of halogens is 1. The fraction of sp³-hybridized carbons (Fsp3) is 0.333. The fourth-order valence-electron chi connectivity index (χ4n) is 3.05. The number of nitrogens with zero attached hydrogens (tertiary/aromatic N) is 5. The number of imidazole rings is 1. The molecule has 0 aliphatic carbocycles. The Morgan fingerprint density at radius 1 is 1.43 bits per heavy atom. The van der Waals surface area contributed by atoms with E-state index in [0.717, 1.165) is 12.8 Å². The normalized spacial score (nSPS) is 18.0. The number of nitrogens with one attached hydrogen (secondary N) is 1. The van der Waals surface area contributed by atoms with Crippen molar-refractivity contribution in [2.24, 2.45) is 0 Å². The van der Waals surface area contributed by atoms with E-state index in [1.54, 1.807) is 11.0 Å². The molecule has 0 saturated carbocycles. The Balaban J connectivity index is 1.59. The summed E-state index contributed by atoms with van der Waals surface area (Å²) in [6.45, 7) is 0.842. The largest absolute Gasteiger partial charge is 0.340 e. The highest BCUT2D eigenvalue weighted by atomic mass is 19.1. The Morgan fingerprint density at radius 3 is 3.17 bits per heavy atom. The monoisotopic (exact) mass is 314 g/mol. The highest BCUT2D eigenvalue weighted by molar-refractivity contribution is 5.78. The number of benzene rings is 1. The molecule has 4 rings (SSSR count). The van der Waals surface area contributed by atoms with Crippen LogP contribution in [-0.2, 0) is 11.3 Å². The summed E-state index contributed by atoms with van der Waals surface area (Å²) in [4.78, 5) is 25.8. The van der Waals surface area contributed by atoms with Crippen molar-refractivity contribution in [2.75, 3.05) is 6.54 Å². The molecule has 1 aliphatic rings. The molecule has 0 bridgehead atoms. The number of rotatable bonds is 3. The maximum absolute atomic E-state index is 13.3. The van der Waals surface area contributed by atoms with Crippen molar-refractivity contribution in [1.29, 1.82) is 0 Å². The van der Waals surface area contributed by atoms with Crippen LogP contribution in [0.4, 0.5) is 4.39 Å². The van der Waals surface area contributed by atoms with Gasteiger partial charge in [0.15, 0.2) is 0 Å². The van der Waals surface area contributed by atoms with Crippen LogP contribution in [0.5, 0.6) is 0 Å². The van der Waals surface area contributed by atoms with Crippen LogP contribution in [0.3, 0.4) is 0 Å². The average Bonchev–Trinajstić information content (AvgIpc) is 3.26. The number of hydrogen-bond donors (Lipinski definition) is 1. The third-order valence-electron chi connectivity index (χ3n) is 4.11. The van der Waals surface area contributed by atoms with Gasteiger partial charge in [0, 0.05) is 6.54 Å². The number of amides is 1. The Morgan fingerprint density at radius 2 is 2.35 bits per heavy atom. The smallest absolute Gasteiger partial charge is 0.244 e. The fourth-order valence-corrected chi connectivity index (χ4v) is 3.05. The minimum atomic E-state index is -0.307. The van der Waals surface area contributed by atoms with Gasteiger partial charge in [0.05, 0.1) is 17.1 Å². The standard InChI is InChI=1S/C15H15FN6O/c16-10-3-4-11-12(6-10)20-15(19-11)13-2-1-5-22(13)14(23)7-21-9-17-8-18-21/h3-4,6,8-9,13H,1-2,5,7H2,(H,19,20)/t13-/m0/s1. The van der Waals surface area contributed by atoms with Crippen molar-refractivity contribution in [1.82, 2.24) is 29.6 Å². The van der Waals surface area contributed by atoms with Gasteiger partial charge in [-0.1, -0.05) is 0 Å². The molecule has 1 atom stereocenters. The molecule has 0 radical (unpaired) electrons. The van der Waals surface area contributed by atoms with E-state index < -0.39 is 0 Å². The van der Waals surface area contributed by atoms with Gasteiger partial charge < -0.3 is 9.88 Å². The lowest BCUT2D eigenvalue weighted by Gasteiger charge is -2.23. The van der Waals surface area contributed by atoms with Gasteiger partial charge in [0.25, 0.3) is 0 Å². The number of aromatic amines is 1. The van der Waals surface area contributed by atoms with Gasteiger partial charge in [-0.15, -0.1) is 0 Å². The SMILES string of the molecule is O=C(Cn1cncn1)N1CCC[C@H]1c1nc2ccc(F)cc2[nH]1. The molecule has 1 amide bonds. The number of likely N-dealkylation sites (tertiary alicyclic amines) is 1. The summed E-state index contributed by atoms with van der Waals surface area (Å²) in [6.07, 6.45) is 4.68. The van der Waals surface area contributed by atoms with Gasteiger partial charge in [0.1, 0.15) is 30.8 Å². The molecule has 1 fully saturated rings. The molecule has 1 aromatic carbocycles. The van der Waals surface area contributed by atoms with Gasteiger partial charge in [-0.05, 0) is 31.0 Å². The van der Waals surface area contributed by atoms with Crippen LogP contribution < -0.4 is 0 Å². The molecule has 23 heavy (non-hydrogen) atoms. The number of hydrogen-bond acceptors (Lipinski definition) is 4. The van der Waals surface area contributed by atoms with E-state index in [4.69, 9.17) is 0 Å². The Kier molecular flexibility index (Phi) is 3.29. The van der Waals surface area contributed by atoms with Crippen molar-refractivity contribution < 1.29 is 9.18 Å². The summed E-state index contributed by atoms with van der Waals surface area (Å²) >= 11 is 0. The quantitative estimate of drug-likeness (QED) is 0.797. The van der Waals surface area contributed by atoms with Crippen LogP contribution in [0.15, 0.2) is 30.9 Å². The zero-order valence-corrected chi connectivity index (χ0v) is 12.3. The van der Waals surface area contributed by atoms with E-state index in [2.05, 4.69) is 20.1 Å². The molecule has 1 aliphatic heterocycles. The van der Waals surface area contributed by atoms with Crippen molar-refractivity contribution in [3.8, 4) is 0 Å². The molecular weight excluding hydrogens is 299 g/mol. The molecule has 3 aromatic rings. The maximum atomic E-state index is 13.3. The Bertz CT molecular complexity index is 843. The van der Waals surface area contributed by atoms with Crippen LogP contribution in [0.1, 0.15) is 24.7 Å². The first-order chi connectivity index (χ1) is 11.2. The van der Waals surface area contributed by atoms with Gasteiger partial charge in [-0.2, -0.15) is 5.10 Å². The van der Waals surface area contributed by atoms with E-state index in [1.807, 2.05) is 0 Å². The molecular formula is C15H15FN6O. The van der Waals surface area contributed by atoms with E-state index in [0.29, 0.717) is 23.4 Å². The lowest BCUT2D eigenvalue weighted by atomic mass is 10.2. The third kappa shape index (κ3) is 2.56. The summed E-state index contributed by atoms with van der Waals surface area (Å²) in [5.74, 6) is 0.373. The number of aromatic nitrogens is 5. The lowest BCUT2D eigenvalue weighted by Crippen LogP contribution is -2.34. The van der Waals surface area contributed by atoms with E-state index in [-0.39, 0.29) is 24.3 Å². The van der Waals surface area contributed by atoms with E-state index in [1.165, 1.54) is 29.5 Å². The Hall–Kier alpha value is -2.77. The molecule has 118 valence electrons. The van der Waals surface area contributed by atoms with Gasteiger partial charge in [-0.3, -0.25) is 4.79 Å². The van der Waals surface area contributed by atoms with Crippen molar-refractivity contribution in [2.45, 2.75) is 25.4 Å². The first-order valence-corrected chi connectivity index (χ1v) is 7.48. The van der Waals surface area contributed by atoms with Crippen molar-refractivity contribution in [3.63, 3.8) is 0 Å². The molecule has 7 nitrogen and oxygen atoms in total. The summed E-state index contributed by atoms with van der Waals surface area (Å²) < 4.78 is 14.8. The summed E-state index contributed by atoms with van der Waals surface area (Å²) in [7, 11) is 0. The number of fused-ring (bicyclic) bond motifs is 1. The topological polar surface area (TPSA) is 79.7 Å². The number of H-pyrrole nitrogens is 1. The summed E-state index contributed by atoms with van der Waals surface area (Å²) in [5.41, 5.74) is 1.35. The first-order valence-electron chi connectivity index (χ1n) is 7.48. The Labute approximate surface area is 131 Å². The molecule has 1 saturated heterocycles. The zero-order valence-electron chi connectivity index (χ0n) is 12.3. The lowest BCUT2D eigenvalue weighted by molar-refractivity contribution is -0.133. The predicted molar refractivity (Wildman–Crippen MR) is 79.8 cm³/mol. The predicted octanol–water partition coefficient (Wildman–Crippen LogP) is 1.66. The minimum Gasteiger partial charge on any atom is -0.340 e. The second-order valence-electron chi connectivity index (χ2n) is 5.62. The highest BCUT2D eigenvalue weighted by Gasteiger charge is 2.32. The molecule has 0 unspecified atom stereocenters. The number of carbonyl (C=O) groups is 1. The second kappa shape index (κ2) is 5.45. The van der Waals surface area contributed by atoms with Gasteiger partial charge in [0.2, 0.25) is 5.91 Å². The molecule has 1 N–H and O–H groups in total. The molecule has 8 heteroatoms. The van der Waals surface area contributed by atoms with E-state index >= 15 is 0 Å². The molecule has 3 heterocycles. The maximum Gasteiger partial charge on any atom is 0.244 e. The van der Waals surface area contributed by atoms with Gasteiger partial charge in [-0.25, -0.2) is 19.0 Å². The summed E-state index contributed by atoms with van der Waals surface area (Å²) in [5, 5.41) is 3.96. The summed E-state index contributed by atoms with van der Waals surface area (Å²) in [6, 6.07) is 4.33. The van der Waals surface area contributed by atoms with Crippen LogP contribution in [0.25, 0.3) is 11.0 Å². The van der Waals surface area contributed by atoms with Gasteiger partial charge >= 0.3 is 0 Å². The van der Waals surface area contributed by atoms with Crippen LogP contribution >= 0.6 is 0 Å². The zero-order chi connectivity index (χ0) is 15.8. The average molecular weight is 314 g/mol. The molecule has 2 aromatic heterocycles. The molecule has 0 spiro atoms. The van der Waals surface area contributed by atoms with E-state index in [9.17, 15) is 9.18 Å². The number of carbonyl (C=O) groups excluding carboxylic acids is 1. The second-order valence-corrected chi connectivity index (χ2v) is 5.62. The van der Waals surface area contributed by atoms with Crippen LogP contribution in [-0.4, -0.2) is 42.1 Å².